The zero-order valence-corrected chi connectivity index (χ0v) is 11.6. The molecule has 0 saturated carbocycles. The first-order valence-corrected chi connectivity index (χ1v) is 6.86. The number of aromatic nitrogens is 3. The molecule has 4 nitrogen and oxygen atoms in total. The highest BCUT2D eigenvalue weighted by Gasteiger charge is 2.21. The van der Waals surface area contributed by atoms with Crippen LogP contribution in [0.5, 0.6) is 0 Å². The first-order chi connectivity index (χ1) is 8.24. The lowest BCUT2D eigenvalue weighted by Gasteiger charge is -2.24. The number of hydrogen-bond acceptors (Lipinski definition) is 3. The van der Waals surface area contributed by atoms with Gasteiger partial charge in [0.2, 0.25) is 0 Å². The molecule has 0 aliphatic carbocycles. The van der Waals surface area contributed by atoms with Crippen LogP contribution in [0.25, 0.3) is 0 Å². The molecular weight excluding hydrogens is 212 g/mol. The molecule has 1 aromatic heterocycles. The molecule has 1 heterocycles. The second kappa shape index (κ2) is 7.43. The van der Waals surface area contributed by atoms with Gasteiger partial charge in [-0.25, -0.2) is 4.68 Å². The van der Waals surface area contributed by atoms with E-state index in [1.807, 2.05) is 10.9 Å². The molecular formula is C13H26N4. The van der Waals surface area contributed by atoms with Crippen molar-refractivity contribution in [1.29, 1.82) is 0 Å². The molecule has 2 unspecified atom stereocenters. The maximum Gasteiger partial charge on any atom is 0.0759 e. The van der Waals surface area contributed by atoms with Crippen LogP contribution in [0.2, 0.25) is 0 Å². The van der Waals surface area contributed by atoms with Crippen LogP contribution in [0, 0.1) is 5.92 Å². The van der Waals surface area contributed by atoms with Crippen LogP contribution >= 0.6 is 0 Å². The summed E-state index contributed by atoms with van der Waals surface area (Å²) in [6, 6.07) is 0.376. The summed E-state index contributed by atoms with van der Waals surface area (Å²) < 4.78 is 2.04. The fourth-order valence-corrected chi connectivity index (χ4v) is 2.02. The van der Waals surface area contributed by atoms with Gasteiger partial charge in [-0.1, -0.05) is 39.3 Å². The minimum Gasteiger partial charge on any atom is -0.308 e. The summed E-state index contributed by atoms with van der Waals surface area (Å²) in [7, 11) is 0. The zero-order chi connectivity index (χ0) is 12.7. The lowest BCUT2D eigenvalue weighted by molar-refractivity contribution is 0.352. The molecule has 1 N–H and O–H groups in total. The summed E-state index contributed by atoms with van der Waals surface area (Å²) in [5, 5.41) is 11.9. The van der Waals surface area contributed by atoms with Crippen molar-refractivity contribution in [3.8, 4) is 0 Å². The topological polar surface area (TPSA) is 42.7 Å². The summed E-state index contributed by atoms with van der Waals surface area (Å²) in [6.07, 6.45) is 5.33. The van der Waals surface area contributed by atoms with Gasteiger partial charge in [0.1, 0.15) is 0 Å². The van der Waals surface area contributed by atoms with Gasteiger partial charge in [0, 0.05) is 6.54 Å². The highest BCUT2D eigenvalue weighted by atomic mass is 15.4. The molecule has 17 heavy (non-hydrogen) atoms. The Morgan fingerprint density at radius 3 is 2.65 bits per heavy atom. The van der Waals surface area contributed by atoms with Gasteiger partial charge in [0.05, 0.1) is 17.9 Å². The van der Waals surface area contributed by atoms with Crippen LogP contribution in [-0.4, -0.2) is 21.5 Å². The molecule has 98 valence electrons. The van der Waals surface area contributed by atoms with Crippen molar-refractivity contribution >= 4 is 0 Å². The normalized spacial score (nSPS) is 14.8. The van der Waals surface area contributed by atoms with E-state index in [4.69, 9.17) is 0 Å². The van der Waals surface area contributed by atoms with E-state index in [2.05, 4.69) is 43.3 Å². The lowest BCUT2D eigenvalue weighted by Crippen LogP contribution is -2.29. The molecule has 0 aliphatic rings. The minimum atomic E-state index is 0.376. The Hall–Kier alpha value is -0.900. The van der Waals surface area contributed by atoms with Crippen LogP contribution in [0.15, 0.2) is 6.20 Å². The van der Waals surface area contributed by atoms with Crippen LogP contribution < -0.4 is 5.32 Å². The Labute approximate surface area is 105 Å². The first-order valence-electron chi connectivity index (χ1n) is 6.86. The number of rotatable bonds is 8. The summed E-state index contributed by atoms with van der Waals surface area (Å²) >= 11 is 0. The van der Waals surface area contributed by atoms with E-state index in [-0.39, 0.29) is 0 Å². The van der Waals surface area contributed by atoms with Crippen molar-refractivity contribution in [3.63, 3.8) is 0 Å². The van der Waals surface area contributed by atoms with Crippen molar-refractivity contribution in [1.82, 2.24) is 20.3 Å². The van der Waals surface area contributed by atoms with Gasteiger partial charge in [0.15, 0.2) is 0 Å². The molecule has 0 aromatic carbocycles. The maximum absolute atomic E-state index is 4.18. The molecule has 0 spiro atoms. The first kappa shape index (κ1) is 14.2. The summed E-state index contributed by atoms with van der Waals surface area (Å²) in [5.74, 6) is 0.607. The highest BCUT2D eigenvalue weighted by Crippen LogP contribution is 2.23. The van der Waals surface area contributed by atoms with Crippen molar-refractivity contribution in [3.05, 3.63) is 11.9 Å². The Morgan fingerprint density at radius 1 is 1.29 bits per heavy atom. The second-order valence-corrected chi connectivity index (χ2v) is 4.70. The third-order valence-corrected chi connectivity index (χ3v) is 3.23. The standard InChI is InChI=1S/C13H26N4/c1-5-8-14-13(11(4)7-3)12-10-15-16-17(12)9-6-2/h10-11,13-14H,5-9H2,1-4H3. The smallest absolute Gasteiger partial charge is 0.0759 e. The molecule has 0 fully saturated rings. The van der Waals surface area contributed by atoms with Crippen molar-refractivity contribution in [2.75, 3.05) is 6.54 Å². The third-order valence-electron chi connectivity index (χ3n) is 3.23. The van der Waals surface area contributed by atoms with Gasteiger partial charge < -0.3 is 5.32 Å². The van der Waals surface area contributed by atoms with Gasteiger partial charge in [0.25, 0.3) is 0 Å². The number of nitrogens with zero attached hydrogens (tertiary/aromatic N) is 3. The van der Waals surface area contributed by atoms with Gasteiger partial charge in [-0.15, -0.1) is 5.10 Å². The molecule has 0 aliphatic heterocycles. The van der Waals surface area contributed by atoms with Crippen LogP contribution in [0.3, 0.4) is 0 Å². The minimum absolute atomic E-state index is 0.376. The number of aryl methyl sites for hydroxylation is 1. The van der Waals surface area contributed by atoms with E-state index >= 15 is 0 Å². The molecule has 4 heteroatoms. The second-order valence-electron chi connectivity index (χ2n) is 4.70. The molecule has 0 saturated heterocycles. The Bertz CT molecular complexity index is 308. The quantitative estimate of drug-likeness (QED) is 0.757. The monoisotopic (exact) mass is 238 g/mol. The maximum atomic E-state index is 4.18. The van der Waals surface area contributed by atoms with E-state index < -0.39 is 0 Å². The SMILES string of the molecule is CCCNC(c1cnnn1CCC)C(C)CC. The van der Waals surface area contributed by atoms with E-state index in [1.165, 1.54) is 12.1 Å². The lowest BCUT2D eigenvalue weighted by atomic mass is 9.96. The summed E-state index contributed by atoms with van der Waals surface area (Å²) in [4.78, 5) is 0. The molecule has 0 bridgehead atoms. The predicted molar refractivity (Wildman–Crippen MR) is 70.8 cm³/mol. The third kappa shape index (κ3) is 3.80. The van der Waals surface area contributed by atoms with E-state index in [9.17, 15) is 0 Å². The van der Waals surface area contributed by atoms with Gasteiger partial charge in [-0.2, -0.15) is 0 Å². The summed E-state index contributed by atoms with van der Waals surface area (Å²) in [5.41, 5.74) is 1.23. The van der Waals surface area contributed by atoms with E-state index in [1.54, 1.807) is 0 Å². The molecule has 2 atom stereocenters. The Morgan fingerprint density at radius 2 is 2.06 bits per heavy atom. The van der Waals surface area contributed by atoms with Crippen molar-refractivity contribution in [2.45, 2.75) is 59.5 Å². The van der Waals surface area contributed by atoms with Crippen LogP contribution in [-0.2, 0) is 6.54 Å². The zero-order valence-electron chi connectivity index (χ0n) is 11.6. The van der Waals surface area contributed by atoms with Crippen molar-refractivity contribution < 1.29 is 0 Å². The Kier molecular flexibility index (Phi) is 6.19. The molecule has 1 aromatic rings. The average molecular weight is 238 g/mol. The van der Waals surface area contributed by atoms with Crippen molar-refractivity contribution in [2.24, 2.45) is 5.92 Å². The predicted octanol–water partition coefficient (Wildman–Crippen LogP) is 2.77. The van der Waals surface area contributed by atoms with E-state index in [0.29, 0.717) is 12.0 Å². The van der Waals surface area contributed by atoms with Gasteiger partial charge >= 0.3 is 0 Å². The van der Waals surface area contributed by atoms with Crippen LogP contribution in [0.1, 0.15) is 58.7 Å². The molecule has 0 amide bonds. The number of nitrogens with one attached hydrogen (secondary N) is 1. The molecule has 0 radical (unpaired) electrons. The van der Waals surface area contributed by atoms with Crippen LogP contribution in [0.4, 0.5) is 0 Å². The van der Waals surface area contributed by atoms with Gasteiger partial charge in [-0.3, -0.25) is 0 Å². The average Bonchev–Trinajstić information content (AvgIpc) is 2.78. The largest absolute Gasteiger partial charge is 0.308 e. The fraction of sp³-hybridized carbons (Fsp3) is 0.846. The molecule has 1 rings (SSSR count). The number of hydrogen-bond donors (Lipinski definition) is 1. The summed E-state index contributed by atoms with van der Waals surface area (Å²) in [6.45, 7) is 10.9. The fourth-order valence-electron chi connectivity index (χ4n) is 2.02. The highest BCUT2D eigenvalue weighted by molar-refractivity contribution is 5.04. The van der Waals surface area contributed by atoms with Gasteiger partial charge in [-0.05, 0) is 25.3 Å². The van der Waals surface area contributed by atoms with E-state index in [0.717, 1.165) is 25.9 Å². The Balaban J connectivity index is 2.83.